The highest BCUT2D eigenvalue weighted by atomic mass is 32.2. The molecule has 0 radical (unpaired) electrons. The van der Waals surface area contributed by atoms with Crippen LogP contribution in [0.1, 0.15) is 20.8 Å². The van der Waals surface area contributed by atoms with E-state index in [-0.39, 0.29) is 17.2 Å². The molecule has 4 nitrogen and oxygen atoms in total. The smallest absolute Gasteiger partial charge is 0.156 e. The zero-order valence-electron chi connectivity index (χ0n) is 10.3. The van der Waals surface area contributed by atoms with E-state index in [0.29, 0.717) is 0 Å². The average molecular weight is 264 g/mol. The summed E-state index contributed by atoms with van der Waals surface area (Å²) in [6, 6.07) is -0.0811. The topological polar surface area (TPSA) is 58.5 Å². The Kier molecular flexibility index (Phi) is 4.29. The van der Waals surface area contributed by atoms with Crippen molar-refractivity contribution in [2.24, 2.45) is 10.4 Å². The predicted molar refractivity (Wildman–Crippen MR) is 70.8 cm³/mol. The van der Waals surface area contributed by atoms with Crippen LogP contribution in [0.15, 0.2) is 4.99 Å². The molecule has 0 aromatic carbocycles. The second-order valence-corrected chi connectivity index (χ2v) is 8.36. The van der Waals surface area contributed by atoms with Crippen LogP contribution in [-0.2, 0) is 9.84 Å². The molecule has 0 aromatic heterocycles. The molecule has 1 unspecified atom stereocenters. The van der Waals surface area contributed by atoms with Crippen LogP contribution < -0.4 is 5.32 Å². The molecule has 0 amide bonds. The minimum Gasteiger partial charge on any atom is -0.361 e. The summed E-state index contributed by atoms with van der Waals surface area (Å²) in [5.74, 6) is 1.17. The third kappa shape index (κ3) is 5.21. The van der Waals surface area contributed by atoms with Crippen molar-refractivity contribution < 1.29 is 8.42 Å². The van der Waals surface area contributed by atoms with Crippen LogP contribution in [0.2, 0.25) is 0 Å². The summed E-state index contributed by atoms with van der Waals surface area (Å²) in [7, 11) is -2.92. The van der Waals surface area contributed by atoms with Crippen molar-refractivity contribution in [1.29, 1.82) is 0 Å². The van der Waals surface area contributed by atoms with Crippen LogP contribution in [0.3, 0.4) is 0 Å². The Morgan fingerprint density at radius 2 is 2.19 bits per heavy atom. The molecule has 0 saturated heterocycles. The number of hydrogen-bond acceptors (Lipinski definition) is 5. The van der Waals surface area contributed by atoms with Crippen molar-refractivity contribution in [3.63, 3.8) is 0 Å². The molecule has 94 valence electrons. The van der Waals surface area contributed by atoms with Crippen molar-refractivity contribution in [3.8, 4) is 0 Å². The number of aliphatic imine (C=N–C) groups is 1. The van der Waals surface area contributed by atoms with Crippen molar-refractivity contribution in [2.45, 2.75) is 26.8 Å². The summed E-state index contributed by atoms with van der Waals surface area (Å²) in [6.07, 6.45) is 1.25. The van der Waals surface area contributed by atoms with E-state index in [0.717, 1.165) is 17.5 Å². The number of sulfone groups is 1. The summed E-state index contributed by atoms with van der Waals surface area (Å²) in [4.78, 5) is 4.43. The van der Waals surface area contributed by atoms with Gasteiger partial charge in [-0.25, -0.2) is 8.42 Å². The lowest BCUT2D eigenvalue weighted by Crippen LogP contribution is -2.39. The normalized spacial score (nSPS) is 22.4. The lowest BCUT2D eigenvalue weighted by molar-refractivity contribution is 0.436. The number of amidine groups is 1. The van der Waals surface area contributed by atoms with Crippen molar-refractivity contribution >= 4 is 26.8 Å². The molecular formula is C10H20N2O2S2. The summed E-state index contributed by atoms with van der Waals surface area (Å²) < 4.78 is 22.2. The fourth-order valence-electron chi connectivity index (χ4n) is 1.43. The predicted octanol–water partition coefficient (Wildman–Crippen LogP) is 1.14. The zero-order valence-corrected chi connectivity index (χ0v) is 11.9. The van der Waals surface area contributed by atoms with Crippen LogP contribution in [0.25, 0.3) is 0 Å². The molecule has 1 atom stereocenters. The fraction of sp³-hybridized carbons (Fsp3) is 0.900. The minimum absolute atomic E-state index is 0.0811. The molecular weight excluding hydrogens is 244 g/mol. The van der Waals surface area contributed by atoms with Gasteiger partial charge in [0.2, 0.25) is 0 Å². The molecule has 1 aliphatic rings. The summed E-state index contributed by atoms with van der Waals surface area (Å²) in [5, 5.41) is 4.02. The van der Waals surface area contributed by atoms with Gasteiger partial charge in [0.25, 0.3) is 0 Å². The Hall–Kier alpha value is -0.230. The van der Waals surface area contributed by atoms with Crippen LogP contribution in [-0.4, -0.2) is 43.9 Å². The van der Waals surface area contributed by atoms with E-state index in [1.807, 2.05) is 6.92 Å². The monoisotopic (exact) mass is 264 g/mol. The third-order valence-electron chi connectivity index (χ3n) is 2.17. The highest BCUT2D eigenvalue weighted by Gasteiger charge is 2.24. The minimum atomic E-state index is -2.92. The summed E-state index contributed by atoms with van der Waals surface area (Å²) in [6.45, 7) is 7.03. The lowest BCUT2D eigenvalue weighted by atomic mass is 9.97. The van der Waals surface area contributed by atoms with Crippen LogP contribution in [0.4, 0.5) is 0 Å². The summed E-state index contributed by atoms with van der Waals surface area (Å²) >= 11 is 1.67. The molecule has 0 aromatic rings. The Balaban J connectivity index is 2.47. The second-order valence-electron chi connectivity index (χ2n) is 5.21. The Bertz CT molecular complexity index is 374. The van der Waals surface area contributed by atoms with Gasteiger partial charge in [0.05, 0.1) is 5.75 Å². The van der Waals surface area contributed by atoms with Gasteiger partial charge in [-0.3, -0.25) is 4.99 Å². The number of thioether (sulfide) groups is 1. The van der Waals surface area contributed by atoms with E-state index in [4.69, 9.17) is 0 Å². The van der Waals surface area contributed by atoms with Crippen LogP contribution in [0.5, 0.6) is 0 Å². The van der Waals surface area contributed by atoms with E-state index in [9.17, 15) is 8.42 Å². The molecule has 1 N–H and O–H groups in total. The highest BCUT2D eigenvalue weighted by Crippen LogP contribution is 2.27. The number of hydrogen-bond donors (Lipinski definition) is 1. The first-order valence-electron chi connectivity index (χ1n) is 5.29. The highest BCUT2D eigenvalue weighted by molar-refractivity contribution is 8.13. The molecule has 1 aliphatic heterocycles. The largest absolute Gasteiger partial charge is 0.361 e. The van der Waals surface area contributed by atoms with Gasteiger partial charge in [0.1, 0.15) is 9.84 Å². The molecule has 0 spiro atoms. The van der Waals surface area contributed by atoms with Crippen LogP contribution in [0, 0.1) is 5.41 Å². The number of nitrogens with one attached hydrogen (secondary N) is 1. The van der Waals surface area contributed by atoms with Gasteiger partial charge in [-0.2, -0.15) is 0 Å². The quantitative estimate of drug-likeness (QED) is 0.830. The molecule has 16 heavy (non-hydrogen) atoms. The van der Waals surface area contributed by atoms with Crippen LogP contribution >= 0.6 is 11.8 Å². The van der Waals surface area contributed by atoms with E-state index >= 15 is 0 Å². The van der Waals surface area contributed by atoms with Gasteiger partial charge in [0.15, 0.2) is 5.17 Å². The fourth-order valence-corrected chi connectivity index (χ4v) is 3.49. The SMILES string of the molecule is CC(CS(C)(=O)=O)NC1=NCC(C)(C)CS1. The maximum Gasteiger partial charge on any atom is 0.156 e. The maximum absolute atomic E-state index is 11.1. The number of nitrogens with zero attached hydrogens (tertiary/aromatic N) is 1. The van der Waals surface area contributed by atoms with Crippen molar-refractivity contribution in [3.05, 3.63) is 0 Å². The van der Waals surface area contributed by atoms with Gasteiger partial charge in [-0.15, -0.1) is 0 Å². The first kappa shape index (κ1) is 13.8. The standard InChI is InChI=1S/C10H20N2O2S2/c1-8(5-16(4,13)14)12-9-11-6-10(2,3)7-15-9/h8H,5-7H2,1-4H3,(H,11,12). The molecule has 0 bridgehead atoms. The molecule has 6 heteroatoms. The van der Waals surface area contributed by atoms with Gasteiger partial charge in [-0.05, 0) is 12.3 Å². The molecule has 0 fully saturated rings. The molecule has 0 saturated carbocycles. The maximum atomic E-state index is 11.1. The first-order chi connectivity index (χ1) is 7.18. The van der Waals surface area contributed by atoms with Gasteiger partial charge in [-0.1, -0.05) is 25.6 Å². The number of rotatable bonds is 3. The van der Waals surface area contributed by atoms with Gasteiger partial charge < -0.3 is 5.32 Å². The third-order valence-corrected chi connectivity index (χ3v) is 4.72. The second kappa shape index (κ2) is 4.96. The van der Waals surface area contributed by atoms with Crippen molar-refractivity contribution in [2.75, 3.05) is 24.3 Å². The molecule has 0 aliphatic carbocycles. The Labute approximate surface area is 102 Å². The lowest BCUT2D eigenvalue weighted by Gasteiger charge is -2.28. The molecule has 1 heterocycles. The zero-order chi connectivity index (χ0) is 12.4. The van der Waals surface area contributed by atoms with Crippen molar-refractivity contribution in [1.82, 2.24) is 5.32 Å². The average Bonchev–Trinajstić information content (AvgIpc) is 2.05. The first-order valence-corrected chi connectivity index (χ1v) is 8.34. The Morgan fingerprint density at radius 1 is 1.56 bits per heavy atom. The summed E-state index contributed by atoms with van der Waals surface area (Å²) in [5.41, 5.74) is 0.246. The molecule has 1 rings (SSSR count). The van der Waals surface area contributed by atoms with E-state index < -0.39 is 9.84 Å². The van der Waals surface area contributed by atoms with Gasteiger partial charge >= 0.3 is 0 Å². The Morgan fingerprint density at radius 3 is 2.62 bits per heavy atom. The van der Waals surface area contributed by atoms with E-state index in [1.54, 1.807) is 11.8 Å². The van der Waals surface area contributed by atoms with E-state index in [2.05, 4.69) is 24.2 Å². The van der Waals surface area contributed by atoms with Gasteiger partial charge in [0, 0.05) is 24.6 Å². The van der Waals surface area contributed by atoms with E-state index in [1.165, 1.54) is 6.26 Å².